The van der Waals surface area contributed by atoms with Crippen LogP contribution in [-0.4, -0.2) is 19.6 Å². The van der Waals surface area contributed by atoms with Crippen LogP contribution in [0.1, 0.15) is 52.7 Å². The van der Waals surface area contributed by atoms with Gasteiger partial charge in [0.1, 0.15) is 11.6 Å². The van der Waals surface area contributed by atoms with Crippen molar-refractivity contribution in [2.75, 3.05) is 0 Å². The summed E-state index contributed by atoms with van der Waals surface area (Å²) in [6.45, 7) is 13.4. The summed E-state index contributed by atoms with van der Waals surface area (Å²) >= 11 is 0. The van der Waals surface area contributed by atoms with Crippen LogP contribution in [0.25, 0.3) is 61.6 Å². The smallest absolute Gasteiger partial charge is 0.148 e. The van der Waals surface area contributed by atoms with Gasteiger partial charge in [0.2, 0.25) is 0 Å². The van der Waals surface area contributed by atoms with E-state index in [1.54, 1.807) is 0 Å². The van der Waals surface area contributed by atoms with Crippen molar-refractivity contribution in [2.24, 2.45) is 0 Å². The molecular weight excluding hydrogens is 782 g/mol. The van der Waals surface area contributed by atoms with Gasteiger partial charge in [0, 0.05) is 38.6 Å². The van der Waals surface area contributed by atoms with E-state index in [0.717, 1.165) is 50.2 Å². The maximum atomic E-state index is 11.5. The van der Waals surface area contributed by atoms with Gasteiger partial charge >= 0.3 is 0 Å². The zero-order valence-electron chi connectivity index (χ0n) is 28.7. The fourth-order valence-corrected chi connectivity index (χ4v) is 6.19. The van der Waals surface area contributed by atoms with Gasteiger partial charge in [-0.1, -0.05) is 119 Å². The van der Waals surface area contributed by atoms with E-state index in [4.69, 9.17) is 9.97 Å². The molecule has 4 nitrogen and oxygen atoms in total. The van der Waals surface area contributed by atoms with Crippen molar-refractivity contribution in [2.45, 2.75) is 52.4 Å². The number of aromatic hydroxyl groups is 1. The summed E-state index contributed by atoms with van der Waals surface area (Å²) in [5, 5.41) is 11.5. The predicted molar refractivity (Wildman–Crippen MR) is 199 cm³/mol. The standard InChI is InChI=1S/C44H40N3O.Pt/c1-43(2,3)33-22-23-45-38(27-33)32-17-13-16-31(24-32)37-26-34(44(4,5)6)28-39-41(37)46-42(47(39)35-18-11-8-12-19-35)36-21-20-30(25-40(36)48)29-14-9-7-10-15-29;/h7-23,25-28,48H,1-6H3;/q-1;. The summed E-state index contributed by atoms with van der Waals surface area (Å²) in [5.41, 5.74) is 11.5. The first kappa shape index (κ1) is 34.1. The third-order valence-corrected chi connectivity index (χ3v) is 8.97. The van der Waals surface area contributed by atoms with Gasteiger partial charge in [-0.2, -0.15) is 0 Å². The van der Waals surface area contributed by atoms with Crippen molar-refractivity contribution in [3.05, 3.63) is 145 Å². The molecule has 0 atom stereocenters. The number of aromatic nitrogens is 3. The molecule has 49 heavy (non-hydrogen) atoms. The van der Waals surface area contributed by atoms with Crippen molar-refractivity contribution in [1.82, 2.24) is 14.5 Å². The summed E-state index contributed by atoms with van der Waals surface area (Å²) in [6, 6.07) is 44.9. The van der Waals surface area contributed by atoms with Gasteiger partial charge < -0.3 is 5.11 Å². The number of hydrogen-bond acceptors (Lipinski definition) is 3. The maximum absolute atomic E-state index is 11.5. The normalized spacial score (nSPS) is 11.8. The molecule has 0 saturated heterocycles. The summed E-state index contributed by atoms with van der Waals surface area (Å²) in [5.74, 6) is 0.858. The largest absolute Gasteiger partial charge is 0.507 e. The van der Waals surface area contributed by atoms with Crippen molar-refractivity contribution >= 4 is 11.0 Å². The van der Waals surface area contributed by atoms with Crippen LogP contribution in [0.15, 0.2) is 128 Å². The molecular formula is C44H40N3OPt-. The number of hydrogen-bond donors (Lipinski definition) is 1. The Morgan fingerprint density at radius 2 is 1.29 bits per heavy atom. The second-order valence-corrected chi connectivity index (χ2v) is 14.5. The second kappa shape index (κ2) is 13.3. The van der Waals surface area contributed by atoms with Crippen LogP contribution in [0.3, 0.4) is 0 Å². The van der Waals surface area contributed by atoms with Crippen LogP contribution >= 0.6 is 0 Å². The number of pyridine rings is 1. The molecule has 0 amide bonds. The number of rotatable bonds is 5. The van der Waals surface area contributed by atoms with Gasteiger partial charge in [-0.15, -0.1) is 29.8 Å². The Kier molecular flexibility index (Phi) is 9.22. The molecule has 2 aromatic heterocycles. The third-order valence-electron chi connectivity index (χ3n) is 8.97. The van der Waals surface area contributed by atoms with E-state index in [9.17, 15) is 5.11 Å². The van der Waals surface area contributed by atoms with Crippen LogP contribution in [0.4, 0.5) is 0 Å². The molecule has 7 aromatic rings. The maximum Gasteiger partial charge on any atom is 0.148 e. The Balaban J connectivity index is 0.00000417. The molecule has 7 rings (SSSR count). The molecule has 0 aliphatic heterocycles. The molecule has 2 heterocycles. The predicted octanol–water partition coefficient (Wildman–Crippen LogP) is 11.2. The van der Waals surface area contributed by atoms with Gasteiger partial charge in [-0.05, 0) is 69.5 Å². The van der Waals surface area contributed by atoms with E-state index in [1.807, 2.05) is 66.9 Å². The van der Waals surface area contributed by atoms with E-state index >= 15 is 0 Å². The Morgan fingerprint density at radius 1 is 0.612 bits per heavy atom. The van der Waals surface area contributed by atoms with Crippen molar-refractivity contribution in [3.8, 4) is 56.3 Å². The van der Waals surface area contributed by atoms with Crippen molar-refractivity contribution in [1.29, 1.82) is 0 Å². The van der Waals surface area contributed by atoms with Gasteiger partial charge in [-0.3, -0.25) is 9.55 Å². The third kappa shape index (κ3) is 6.76. The summed E-state index contributed by atoms with van der Waals surface area (Å²) in [6.07, 6.45) is 1.89. The fourth-order valence-electron chi connectivity index (χ4n) is 6.19. The molecule has 248 valence electrons. The molecule has 0 radical (unpaired) electrons. The Labute approximate surface area is 303 Å². The minimum atomic E-state index is -0.130. The number of nitrogens with zero attached hydrogens (tertiary/aromatic N) is 3. The minimum Gasteiger partial charge on any atom is -0.507 e. The topological polar surface area (TPSA) is 50.9 Å². The second-order valence-electron chi connectivity index (χ2n) is 14.5. The van der Waals surface area contributed by atoms with Crippen LogP contribution in [0, 0.1) is 6.07 Å². The van der Waals surface area contributed by atoms with Gasteiger partial charge in [0.05, 0.1) is 16.6 Å². The quantitative estimate of drug-likeness (QED) is 0.176. The molecule has 0 aliphatic carbocycles. The fraction of sp³-hybridized carbons (Fsp3) is 0.182. The summed E-state index contributed by atoms with van der Waals surface area (Å²) in [7, 11) is 0. The van der Waals surface area contributed by atoms with E-state index in [1.165, 1.54) is 11.1 Å². The van der Waals surface area contributed by atoms with E-state index < -0.39 is 0 Å². The average Bonchev–Trinajstić information content (AvgIpc) is 3.47. The first-order valence-corrected chi connectivity index (χ1v) is 16.5. The van der Waals surface area contributed by atoms with E-state index in [-0.39, 0.29) is 37.6 Å². The Bertz CT molecular complexity index is 2260. The molecule has 0 bridgehead atoms. The van der Waals surface area contributed by atoms with Crippen LogP contribution < -0.4 is 0 Å². The summed E-state index contributed by atoms with van der Waals surface area (Å²) < 4.78 is 2.17. The van der Waals surface area contributed by atoms with Crippen molar-refractivity contribution < 1.29 is 26.2 Å². The number of para-hydroxylation sites is 1. The van der Waals surface area contributed by atoms with Crippen LogP contribution in [0.2, 0.25) is 0 Å². The van der Waals surface area contributed by atoms with Crippen molar-refractivity contribution in [3.63, 3.8) is 0 Å². The number of imidazole rings is 1. The van der Waals surface area contributed by atoms with E-state index in [2.05, 4.69) is 113 Å². The number of phenols is 1. The average molecular weight is 822 g/mol. The van der Waals surface area contributed by atoms with Gasteiger partial charge in [-0.25, -0.2) is 4.98 Å². The van der Waals surface area contributed by atoms with Gasteiger partial charge in [0.15, 0.2) is 0 Å². The molecule has 0 saturated carbocycles. The molecule has 1 N–H and O–H groups in total. The molecule has 0 spiro atoms. The number of phenolic OH excluding ortho intramolecular Hbond substituents is 1. The first-order valence-electron chi connectivity index (χ1n) is 16.5. The number of fused-ring (bicyclic) bond motifs is 1. The monoisotopic (exact) mass is 821 g/mol. The summed E-state index contributed by atoms with van der Waals surface area (Å²) in [4.78, 5) is 10.1. The number of benzene rings is 5. The van der Waals surface area contributed by atoms with Gasteiger partial charge in [0.25, 0.3) is 0 Å². The van der Waals surface area contributed by atoms with Crippen LogP contribution in [-0.2, 0) is 31.9 Å². The molecule has 0 fully saturated rings. The molecule has 5 aromatic carbocycles. The zero-order valence-corrected chi connectivity index (χ0v) is 31.0. The SMILES string of the molecule is CC(C)(C)c1ccnc(-c2[c-]c(-c3cc(C(C)(C)C)cc4c3nc(-c3ccc(-c5ccccc5)cc3O)n4-c3ccccc3)ccc2)c1.[Pt]. The van der Waals surface area contributed by atoms with E-state index in [0.29, 0.717) is 11.4 Å². The molecule has 0 aliphatic rings. The molecule has 5 heteroatoms. The minimum absolute atomic E-state index is 0. The van der Waals surface area contributed by atoms with Crippen LogP contribution in [0.5, 0.6) is 5.75 Å². The Hall–Kier alpha value is -4.79. The Morgan fingerprint density at radius 3 is 1.96 bits per heavy atom. The molecule has 0 unspecified atom stereocenters. The first-order chi connectivity index (χ1) is 23.0. The zero-order chi connectivity index (χ0) is 33.6.